The molecule has 0 N–H and O–H groups in total. The Bertz CT molecular complexity index is 2310. The molecule has 0 bridgehead atoms. The van der Waals surface area contributed by atoms with Crippen LogP contribution in [0, 0.1) is 23.0 Å². The molecule has 7 rings (SSSR count). The van der Waals surface area contributed by atoms with Crippen molar-refractivity contribution in [3.63, 3.8) is 0 Å². The van der Waals surface area contributed by atoms with E-state index in [0.717, 1.165) is 18.2 Å². The second-order valence-corrected chi connectivity index (χ2v) is 14.0. The number of carbonyl (C=O) groups is 1. The van der Waals surface area contributed by atoms with Crippen LogP contribution in [0.2, 0.25) is 0 Å². The maximum atomic E-state index is 17.2. The first-order chi connectivity index (χ1) is 25.3. The molecule has 11 nitrogen and oxygen atoms in total. The molecule has 2 atom stereocenters. The normalized spacial score (nSPS) is 19.1. The molecule has 2 saturated heterocycles. The van der Waals surface area contributed by atoms with Gasteiger partial charge in [0.2, 0.25) is 5.91 Å². The minimum absolute atomic E-state index is 0.00725. The Labute approximate surface area is 301 Å². The van der Waals surface area contributed by atoms with Gasteiger partial charge in [-0.05, 0) is 64.2 Å². The van der Waals surface area contributed by atoms with Crippen LogP contribution in [0.1, 0.15) is 37.8 Å². The summed E-state index contributed by atoms with van der Waals surface area (Å²) in [5.74, 6) is -1.99. The number of nitriles is 1. The fourth-order valence-electron chi connectivity index (χ4n) is 7.48. The summed E-state index contributed by atoms with van der Waals surface area (Å²) in [5.41, 5.74) is -2.69. The van der Waals surface area contributed by atoms with Gasteiger partial charge in [0.05, 0.1) is 41.8 Å². The van der Waals surface area contributed by atoms with Gasteiger partial charge in [-0.3, -0.25) is 9.78 Å². The van der Waals surface area contributed by atoms with E-state index in [4.69, 9.17) is 4.74 Å². The van der Waals surface area contributed by atoms with E-state index in [-0.39, 0.29) is 81.7 Å². The van der Waals surface area contributed by atoms with Gasteiger partial charge in [-0.15, -0.1) is 5.10 Å². The van der Waals surface area contributed by atoms with Gasteiger partial charge in [0.1, 0.15) is 16.9 Å². The van der Waals surface area contributed by atoms with Crippen molar-refractivity contribution >= 4 is 44.6 Å². The number of aromatic nitrogens is 5. The van der Waals surface area contributed by atoms with Crippen LogP contribution >= 0.6 is 0 Å². The fourth-order valence-corrected chi connectivity index (χ4v) is 7.48. The summed E-state index contributed by atoms with van der Waals surface area (Å²) in [5, 5.41) is 18.3. The molecule has 2 aliphatic heterocycles. The highest BCUT2D eigenvalue weighted by molar-refractivity contribution is 6.09. The van der Waals surface area contributed by atoms with Crippen LogP contribution in [-0.4, -0.2) is 99.7 Å². The lowest BCUT2D eigenvalue weighted by Crippen LogP contribution is -2.67. The van der Waals surface area contributed by atoms with E-state index in [1.54, 1.807) is 11.0 Å². The number of benzene rings is 2. The molecule has 2 fully saturated rings. The number of likely N-dealkylation sites (N-methyl/N-ethyl adjacent to an activating group) is 1. The number of carbonyl (C=O) groups excluding carboxylic acids is 1. The average molecular weight is 734 g/mol. The number of piperidine rings is 1. The second kappa shape index (κ2) is 13.6. The van der Waals surface area contributed by atoms with Gasteiger partial charge in [-0.25, -0.2) is 18.4 Å². The molecular formula is C37H36F5N9O2. The van der Waals surface area contributed by atoms with Gasteiger partial charge < -0.3 is 19.4 Å². The third kappa shape index (κ3) is 6.21. The van der Waals surface area contributed by atoms with Gasteiger partial charge in [0.15, 0.2) is 17.2 Å². The van der Waals surface area contributed by atoms with Crippen LogP contribution in [0.3, 0.4) is 0 Å². The predicted molar refractivity (Wildman–Crippen MR) is 188 cm³/mol. The number of nitrogens with zero attached hydrogens (tertiary/aromatic N) is 9. The zero-order valence-corrected chi connectivity index (χ0v) is 29.5. The Balaban J connectivity index is 1.45. The maximum Gasteiger partial charge on any atom is 0.417 e. The summed E-state index contributed by atoms with van der Waals surface area (Å²) < 4.78 is 83.8. The number of rotatable bonds is 8. The van der Waals surface area contributed by atoms with Crippen LogP contribution in [0.4, 0.5) is 27.8 Å². The average Bonchev–Trinajstić information content (AvgIpc) is 3.56. The Hall–Kier alpha value is -5.27. The van der Waals surface area contributed by atoms with E-state index in [0.29, 0.717) is 19.5 Å². The maximum absolute atomic E-state index is 17.2. The topological polar surface area (TPSA) is 116 Å². The highest BCUT2D eigenvalue weighted by Crippen LogP contribution is 2.46. The van der Waals surface area contributed by atoms with E-state index >= 15 is 17.6 Å². The summed E-state index contributed by atoms with van der Waals surface area (Å²) in [6.07, 6.45) is -0.184. The third-order valence-corrected chi connectivity index (χ3v) is 10.5. The Morgan fingerprint density at radius 2 is 1.92 bits per heavy atom. The number of halogens is 5. The summed E-state index contributed by atoms with van der Waals surface area (Å²) in [7, 11) is 5.37. The molecule has 0 radical (unpaired) electrons. The summed E-state index contributed by atoms with van der Waals surface area (Å²) in [6, 6.07) is 6.87. The minimum atomic E-state index is -5.05. The molecule has 53 heavy (non-hydrogen) atoms. The first kappa shape index (κ1) is 36.1. The fraction of sp³-hybridized carbons (Fsp3) is 0.405. The van der Waals surface area contributed by atoms with Crippen molar-refractivity contribution in [2.45, 2.75) is 50.0 Å². The standard InChI is InChI=1S/C37H36F5N9O2/c1-36(48(2)3)19-49(20-36)35-33-34(51(47-46-33)22-12-15-50(21(17-22)11-13-43)28(52)8-6-16-53-4)25-18-26(37(40,41)42)29(30(39)32(25)45-35)24-9-10-27(38)23-7-5-14-44-31(23)24/h5-10,14,18,21-22H,11-12,15-17,19-20H2,1-4H3/b8-6+/t21-,22+/m1/s1. The number of fused-ring (bicyclic) bond motifs is 4. The molecule has 16 heteroatoms. The first-order valence-corrected chi connectivity index (χ1v) is 17.0. The number of pyridine rings is 2. The number of hydrogen-bond acceptors (Lipinski definition) is 9. The first-order valence-electron chi connectivity index (χ1n) is 17.0. The molecule has 3 aromatic heterocycles. The minimum Gasteiger partial charge on any atom is -0.381 e. The van der Waals surface area contributed by atoms with E-state index in [9.17, 15) is 14.4 Å². The summed E-state index contributed by atoms with van der Waals surface area (Å²) in [4.78, 5) is 27.4. The van der Waals surface area contributed by atoms with Gasteiger partial charge in [-0.2, -0.15) is 18.4 Å². The SMILES string of the molecule is COC/C=C/C(=O)N1CC[C@H](n2nnc3c(N4CC(C)(N(C)C)C4)nc4c(F)c(-c5ccc(F)c6cccnc56)c(C(F)(F)F)cc4c32)C[C@H]1CC#N. The van der Waals surface area contributed by atoms with Gasteiger partial charge in [0.25, 0.3) is 0 Å². The molecular weight excluding hydrogens is 697 g/mol. The molecule has 0 aliphatic carbocycles. The number of ether oxygens (including phenoxy) is 1. The van der Waals surface area contributed by atoms with E-state index in [2.05, 4.69) is 38.2 Å². The van der Waals surface area contributed by atoms with Crippen molar-refractivity contribution in [3.05, 3.63) is 65.9 Å². The quantitative estimate of drug-likeness (QED) is 0.134. The van der Waals surface area contributed by atoms with Crippen molar-refractivity contribution in [3.8, 4) is 17.2 Å². The zero-order valence-electron chi connectivity index (χ0n) is 29.5. The molecule has 2 aromatic carbocycles. The van der Waals surface area contributed by atoms with Crippen LogP contribution in [0.25, 0.3) is 44.0 Å². The lowest BCUT2D eigenvalue weighted by molar-refractivity contribution is -0.137. The molecule has 5 aromatic rings. The number of hydrogen-bond donors (Lipinski definition) is 0. The largest absolute Gasteiger partial charge is 0.417 e. The van der Waals surface area contributed by atoms with E-state index < -0.39 is 41.0 Å². The molecule has 276 valence electrons. The highest BCUT2D eigenvalue weighted by atomic mass is 19.4. The van der Waals surface area contributed by atoms with Crippen LogP contribution < -0.4 is 4.90 Å². The number of anilines is 1. The number of likely N-dealkylation sites (tertiary alicyclic amines) is 1. The van der Waals surface area contributed by atoms with Crippen molar-refractivity contribution in [1.82, 2.24) is 34.8 Å². The van der Waals surface area contributed by atoms with Crippen molar-refractivity contribution in [2.24, 2.45) is 0 Å². The van der Waals surface area contributed by atoms with Gasteiger partial charge in [0, 0.05) is 67.0 Å². The number of amides is 1. The lowest BCUT2D eigenvalue weighted by atomic mass is 9.90. The molecule has 5 heterocycles. The zero-order chi connectivity index (χ0) is 37.8. The van der Waals surface area contributed by atoms with Crippen molar-refractivity contribution < 1.29 is 31.5 Å². The van der Waals surface area contributed by atoms with Crippen LogP contribution in [0.15, 0.2) is 48.7 Å². The highest BCUT2D eigenvalue weighted by Gasteiger charge is 2.44. The monoisotopic (exact) mass is 733 g/mol. The summed E-state index contributed by atoms with van der Waals surface area (Å²) in [6.45, 7) is 3.46. The summed E-state index contributed by atoms with van der Waals surface area (Å²) >= 11 is 0. The molecule has 2 aliphatic rings. The van der Waals surface area contributed by atoms with Crippen molar-refractivity contribution in [2.75, 3.05) is 52.3 Å². The molecule has 0 spiro atoms. The molecule has 0 saturated carbocycles. The molecule has 0 unspecified atom stereocenters. The number of methoxy groups -OCH3 is 1. The van der Waals surface area contributed by atoms with Gasteiger partial charge >= 0.3 is 6.18 Å². The Morgan fingerprint density at radius 1 is 1.15 bits per heavy atom. The van der Waals surface area contributed by atoms with E-state index in [1.807, 2.05) is 19.0 Å². The van der Waals surface area contributed by atoms with Crippen molar-refractivity contribution in [1.29, 1.82) is 5.26 Å². The second-order valence-electron chi connectivity index (χ2n) is 14.0. The Morgan fingerprint density at radius 3 is 2.62 bits per heavy atom. The smallest absolute Gasteiger partial charge is 0.381 e. The Kier molecular flexibility index (Phi) is 9.27. The number of alkyl halides is 3. The predicted octanol–water partition coefficient (Wildman–Crippen LogP) is 6.28. The van der Waals surface area contributed by atoms with Crippen LogP contribution in [0.5, 0.6) is 0 Å². The van der Waals surface area contributed by atoms with E-state index in [1.165, 1.54) is 36.2 Å². The van der Waals surface area contributed by atoms with Gasteiger partial charge in [-0.1, -0.05) is 11.3 Å². The lowest BCUT2D eigenvalue weighted by Gasteiger charge is -2.52. The third-order valence-electron chi connectivity index (χ3n) is 10.5. The van der Waals surface area contributed by atoms with Crippen LogP contribution in [-0.2, 0) is 15.7 Å². The molecule has 1 amide bonds.